The number of amides is 2. The molecule has 0 radical (unpaired) electrons. The highest BCUT2D eigenvalue weighted by Crippen LogP contribution is 2.25. The lowest BCUT2D eigenvalue weighted by Gasteiger charge is -2.33. The summed E-state index contributed by atoms with van der Waals surface area (Å²) in [6.45, 7) is 5.02. The van der Waals surface area contributed by atoms with Crippen LogP contribution >= 0.6 is 0 Å². The largest absolute Gasteiger partial charge is 0.373 e. The maximum atomic E-state index is 12.5. The molecule has 0 aromatic heterocycles. The summed E-state index contributed by atoms with van der Waals surface area (Å²) < 4.78 is 5.78. The highest BCUT2D eigenvalue weighted by molar-refractivity contribution is 5.81. The van der Waals surface area contributed by atoms with Crippen molar-refractivity contribution >= 4 is 11.8 Å². The molecule has 0 unspecified atom stereocenters. The van der Waals surface area contributed by atoms with E-state index in [2.05, 4.69) is 17.3 Å². The van der Waals surface area contributed by atoms with Gasteiger partial charge in [0.1, 0.15) is 0 Å². The van der Waals surface area contributed by atoms with Crippen LogP contribution in [0, 0.1) is 5.92 Å². The van der Waals surface area contributed by atoms with Gasteiger partial charge in [-0.25, -0.2) is 0 Å². The molecule has 6 nitrogen and oxygen atoms in total. The smallest absolute Gasteiger partial charge is 0.224 e. The standard InChI is InChI=1S/C17H29N3O3/c1-12(18-17(22)13-5-3-4-6-13)9-16(21)20-10-14-15(11-20)23-8-7-19(14)2/h12-15H,3-11H2,1-2H3,(H,18,22)/t12-,14+,15-/m1/s1. The summed E-state index contributed by atoms with van der Waals surface area (Å²) >= 11 is 0. The first-order chi connectivity index (χ1) is 11.0. The Labute approximate surface area is 138 Å². The first-order valence-electron chi connectivity index (χ1n) is 8.94. The Kier molecular flexibility index (Phi) is 5.21. The Balaban J connectivity index is 1.46. The minimum atomic E-state index is -0.100. The van der Waals surface area contributed by atoms with Gasteiger partial charge in [0.2, 0.25) is 11.8 Å². The van der Waals surface area contributed by atoms with Crippen molar-refractivity contribution in [3.63, 3.8) is 0 Å². The number of likely N-dealkylation sites (tertiary alicyclic amines) is 1. The molecule has 2 aliphatic heterocycles. The van der Waals surface area contributed by atoms with Crippen LogP contribution in [0.3, 0.4) is 0 Å². The second kappa shape index (κ2) is 7.18. The van der Waals surface area contributed by atoms with E-state index in [1.54, 1.807) is 0 Å². The fraction of sp³-hybridized carbons (Fsp3) is 0.882. The summed E-state index contributed by atoms with van der Waals surface area (Å²) in [6, 6.07) is 0.216. The second-order valence-corrected chi connectivity index (χ2v) is 7.35. The Bertz CT molecular complexity index is 450. The molecular weight excluding hydrogens is 294 g/mol. The molecule has 0 aromatic carbocycles. The molecule has 3 atom stereocenters. The van der Waals surface area contributed by atoms with Gasteiger partial charge in [0.25, 0.3) is 0 Å². The zero-order chi connectivity index (χ0) is 16.4. The Morgan fingerprint density at radius 1 is 1.26 bits per heavy atom. The summed E-state index contributed by atoms with van der Waals surface area (Å²) in [6.07, 6.45) is 4.80. The molecule has 130 valence electrons. The second-order valence-electron chi connectivity index (χ2n) is 7.35. The molecule has 0 aromatic rings. The highest BCUT2D eigenvalue weighted by atomic mass is 16.5. The van der Waals surface area contributed by atoms with Gasteiger partial charge in [-0.05, 0) is 26.8 Å². The van der Waals surface area contributed by atoms with E-state index >= 15 is 0 Å². The number of ether oxygens (including phenoxy) is 1. The molecule has 3 rings (SSSR count). The normalized spacial score (nSPS) is 30.3. The van der Waals surface area contributed by atoms with Crippen LogP contribution < -0.4 is 5.32 Å². The van der Waals surface area contributed by atoms with Crippen molar-refractivity contribution in [2.24, 2.45) is 5.92 Å². The molecule has 0 bridgehead atoms. The third kappa shape index (κ3) is 3.86. The molecule has 2 saturated heterocycles. The monoisotopic (exact) mass is 323 g/mol. The molecule has 2 heterocycles. The zero-order valence-corrected chi connectivity index (χ0v) is 14.3. The number of morpholine rings is 1. The summed E-state index contributed by atoms with van der Waals surface area (Å²) in [7, 11) is 2.10. The molecule has 1 saturated carbocycles. The van der Waals surface area contributed by atoms with Gasteiger partial charge in [-0.15, -0.1) is 0 Å². The van der Waals surface area contributed by atoms with Crippen molar-refractivity contribution in [1.29, 1.82) is 0 Å². The number of nitrogens with one attached hydrogen (secondary N) is 1. The molecular formula is C17H29N3O3. The van der Waals surface area contributed by atoms with Gasteiger partial charge in [-0.2, -0.15) is 0 Å². The van der Waals surface area contributed by atoms with Gasteiger partial charge in [0.05, 0.1) is 18.8 Å². The Morgan fingerprint density at radius 3 is 2.70 bits per heavy atom. The van der Waals surface area contributed by atoms with Crippen LogP contribution in [0.2, 0.25) is 0 Å². The highest BCUT2D eigenvalue weighted by Gasteiger charge is 2.40. The average molecular weight is 323 g/mol. The number of rotatable bonds is 4. The molecule has 1 aliphatic carbocycles. The number of fused-ring (bicyclic) bond motifs is 1. The van der Waals surface area contributed by atoms with Gasteiger partial charge < -0.3 is 15.0 Å². The molecule has 0 spiro atoms. The summed E-state index contributed by atoms with van der Waals surface area (Å²) in [5.41, 5.74) is 0. The lowest BCUT2D eigenvalue weighted by molar-refractivity contribution is -0.131. The van der Waals surface area contributed by atoms with E-state index in [9.17, 15) is 9.59 Å². The van der Waals surface area contributed by atoms with E-state index < -0.39 is 0 Å². The van der Waals surface area contributed by atoms with Crippen molar-refractivity contribution < 1.29 is 14.3 Å². The summed E-state index contributed by atoms with van der Waals surface area (Å²) in [5, 5.41) is 3.02. The van der Waals surface area contributed by atoms with Crippen LogP contribution in [0.25, 0.3) is 0 Å². The molecule has 3 aliphatic rings. The maximum Gasteiger partial charge on any atom is 0.224 e. The van der Waals surface area contributed by atoms with Crippen LogP contribution in [0.15, 0.2) is 0 Å². The van der Waals surface area contributed by atoms with E-state index in [-0.39, 0.29) is 29.9 Å². The Hall–Kier alpha value is -1.14. The predicted molar refractivity (Wildman–Crippen MR) is 86.9 cm³/mol. The third-order valence-corrected chi connectivity index (χ3v) is 5.53. The number of likely N-dealkylation sites (N-methyl/N-ethyl adjacent to an activating group) is 1. The lowest BCUT2D eigenvalue weighted by Crippen LogP contribution is -2.48. The van der Waals surface area contributed by atoms with Gasteiger partial charge in [0.15, 0.2) is 0 Å². The molecule has 1 N–H and O–H groups in total. The molecule has 23 heavy (non-hydrogen) atoms. The number of nitrogens with zero attached hydrogens (tertiary/aromatic N) is 2. The third-order valence-electron chi connectivity index (χ3n) is 5.53. The van der Waals surface area contributed by atoms with Crippen LogP contribution in [0.5, 0.6) is 0 Å². The SMILES string of the molecule is C[C@H](CC(=O)N1C[C@H]2OCCN(C)[C@H]2C1)NC(=O)C1CCCC1. The summed E-state index contributed by atoms with van der Waals surface area (Å²) in [4.78, 5) is 28.8. The topological polar surface area (TPSA) is 61.9 Å². The van der Waals surface area contributed by atoms with Crippen molar-refractivity contribution in [2.45, 2.75) is 57.2 Å². The number of hydrogen-bond donors (Lipinski definition) is 1. The van der Waals surface area contributed by atoms with E-state index in [1.165, 1.54) is 0 Å². The molecule has 6 heteroatoms. The fourth-order valence-electron chi connectivity index (χ4n) is 4.05. The van der Waals surface area contributed by atoms with Gasteiger partial charge >= 0.3 is 0 Å². The van der Waals surface area contributed by atoms with Crippen molar-refractivity contribution in [3.8, 4) is 0 Å². The molecule has 3 fully saturated rings. The lowest BCUT2D eigenvalue weighted by atomic mass is 10.1. The van der Waals surface area contributed by atoms with Crippen molar-refractivity contribution in [3.05, 3.63) is 0 Å². The van der Waals surface area contributed by atoms with E-state index in [0.717, 1.165) is 45.4 Å². The van der Waals surface area contributed by atoms with E-state index in [4.69, 9.17) is 4.74 Å². The van der Waals surface area contributed by atoms with Crippen molar-refractivity contribution in [2.75, 3.05) is 33.3 Å². The van der Waals surface area contributed by atoms with E-state index in [1.807, 2.05) is 11.8 Å². The van der Waals surface area contributed by atoms with Crippen LogP contribution in [-0.2, 0) is 14.3 Å². The number of hydrogen-bond acceptors (Lipinski definition) is 4. The number of carbonyl (C=O) groups is 2. The maximum absolute atomic E-state index is 12.5. The quantitative estimate of drug-likeness (QED) is 0.824. The van der Waals surface area contributed by atoms with E-state index in [0.29, 0.717) is 19.0 Å². The zero-order valence-electron chi connectivity index (χ0n) is 14.3. The van der Waals surface area contributed by atoms with Gasteiger partial charge in [-0.3, -0.25) is 14.5 Å². The molecule has 2 amide bonds. The number of carbonyl (C=O) groups excluding carboxylic acids is 2. The van der Waals surface area contributed by atoms with Crippen LogP contribution in [0.1, 0.15) is 39.0 Å². The first kappa shape index (κ1) is 16.7. The summed E-state index contributed by atoms with van der Waals surface area (Å²) in [5.74, 6) is 0.404. The first-order valence-corrected chi connectivity index (χ1v) is 8.94. The minimum absolute atomic E-state index is 0.100. The minimum Gasteiger partial charge on any atom is -0.373 e. The fourth-order valence-corrected chi connectivity index (χ4v) is 4.05. The van der Waals surface area contributed by atoms with Gasteiger partial charge in [-0.1, -0.05) is 12.8 Å². The van der Waals surface area contributed by atoms with Crippen LogP contribution in [0.4, 0.5) is 0 Å². The van der Waals surface area contributed by atoms with Crippen molar-refractivity contribution in [1.82, 2.24) is 15.1 Å². The Morgan fingerprint density at radius 2 is 2.00 bits per heavy atom. The van der Waals surface area contributed by atoms with Gasteiger partial charge in [0, 0.05) is 38.0 Å². The average Bonchev–Trinajstić information content (AvgIpc) is 3.17. The predicted octanol–water partition coefficient (Wildman–Crippen LogP) is 0.613. The van der Waals surface area contributed by atoms with Crippen LogP contribution in [-0.4, -0.2) is 73.1 Å².